The molecule has 0 bridgehead atoms. The van der Waals surface area contributed by atoms with E-state index in [4.69, 9.17) is 14.2 Å². The highest BCUT2D eigenvalue weighted by Gasteiger charge is 2.24. The Morgan fingerprint density at radius 3 is 2.40 bits per heavy atom. The molecule has 6 heteroatoms. The fourth-order valence-corrected chi connectivity index (χ4v) is 3.82. The van der Waals surface area contributed by atoms with Crippen molar-refractivity contribution in [1.29, 1.82) is 0 Å². The first-order chi connectivity index (χ1) is 14.8. The molecule has 5 rings (SSSR count). The van der Waals surface area contributed by atoms with Gasteiger partial charge in [0.15, 0.2) is 6.29 Å². The predicted molar refractivity (Wildman–Crippen MR) is 113 cm³/mol. The van der Waals surface area contributed by atoms with Gasteiger partial charge in [-0.3, -0.25) is 0 Å². The fraction of sp³-hybridized carbons (Fsp3) is 0.167. The highest BCUT2D eigenvalue weighted by atomic mass is 16.7. The molecule has 0 N–H and O–H groups in total. The van der Waals surface area contributed by atoms with E-state index in [2.05, 4.69) is 4.98 Å². The van der Waals surface area contributed by atoms with Gasteiger partial charge in [-0.1, -0.05) is 42.5 Å². The first-order valence-corrected chi connectivity index (χ1v) is 9.74. The molecule has 30 heavy (non-hydrogen) atoms. The molecule has 150 valence electrons. The van der Waals surface area contributed by atoms with Crippen molar-refractivity contribution in [3.63, 3.8) is 0 Å². The van der Waals surface area contributed by atoms with Crippen LogP contribution in [0.3, 0.4) is 0 Å². The van der Waals surface area contributed by atoms with E-state index in [0.29, 0.717) is 35.7 Å². The quantitative estimate of drug-likeness (QED) is 0.378. The molecule has 1 saturated heterocycles. The average Bonchev–Trinajstić information content (AvgIpc) is 3.34. The summed E-state index contributed by atoms with van der Waals surface area (Å²) in [6, 6.07) is 21.3. The molecule has 0 saturated carbocycles. The Labute approximate surface area is 173 Å². The number of fused-ring (bicyclic) bond motifs is 1. The molecule has 1 aliphatic heterocycles. The average molecular weight is 400 g/mol. The number of hydrogen-bond acceptors (Lipinski definition) is 5. The number of aromatic nitrogens is 2. The SMILES string of the molecule is COc1nccc2c1cc(-c1ccccc1)c(-c1ccc(C3OCCO3)cc1)[n+]2[O-]. The molecule has 0 aliphatic carbocycles. The van der Waals surface area contributed by atoms with Crippen molar-refractivity contribution in [1.82, 2.24) is 4.98 Å². The van der Waals surface area contributed by atoms with Crippen LogP contribution in [0.4, 0.5) is 0 Å². The van der Waals surface area contributed by atoms with Crippen molar-refractivity contribution in [2.45, 2.75) is 6.29 Å². The van der Waals surface area contributed by atoms with Gasteiger partial charge in [-0.05, 0) is 23.8 Å². The highest BCUT2D eigenvalue weighted by Crippen LogP contribution is 2.35. The number of hydrogen-bond donors (Lipinski definition) is 0. The van der Waals surface area contributed by atoms with E-state index in [-0.39, 0.29) is 6.29 Å². The largest absolute Gasteiger partial charge is 0.618 e. The summed E-state index contributed by atoms with van der Waals surface area (Å²) in [5.41, 5.74) is 4.57. The zero-order valence-corrected chi connectivity index (χ0v) is 16.4. The number of methoxy groups -OCH3 is 1. The second-order valence-electron chi connectivity index (χ2n) is 7.02. The molecule has 0 unspecified atom stereocenters. The monoisotopic (exact) mass is 400 g/mol. The van der Waals surface area contributed by atoms with Gasteiger partial charge < -0.3 is 19.4 Å². The summed E-state index contributed by atoms with van der Waals surface area (Å²) in [7, 11) is 1.55. The van der Waals surface area contributed by atoms with Gasteiger partial charge in [0.05, 0.1) is 25.9 Å². The van der Waals surface area contributed by atoms with Crippen molar-refractivity contribution in [2.75, 3.05) is 20.3 Å². The van der Waals surface area contributed by atoms with E-state index in [1.165, 1.54) is 0 Å². The molecule has 1 aliphatic rings. The Bertz CT molecular complexity index is 1190. The first kappa shape index (κ1) is 18.5. The Kier molecular flexibility index (Phi) is 4.78. The van der Waals surface area contributed by atoms with Gasteiger partial charge in [0.2, 0.25) is 17.1 Å². The van der Waals surface area contributed by atoms with Gasteiger partial charge in [-0.15, -0.1) is 0 Å². The molecular weight excluding hydrogens is 380 g/mol. The summed E-state index contributed by atoms with van der Waals surface area (Å²) >= 11 is 0. The second-order valence-corrected chi connectivity index (χ2v) is 7.02. The maximum atomic E-state index is 13.5. The van der Waals surface area contributed by atoms with Crippen molar-refractivity contribution in [3.8, 4) is 28.3 Å². The molecule has 1 fully saturated rings. The number of pyridine rings is 2. The van der Waals surface area contributed by atoms with Gasteiger partial charge in [0.1, 0.15) is 5.39 Å². The summed E-state index contributed by atoms with van der Waals surface area (Å²) in [5.74, 6) is 0.423. The smallest absolute Gasteiger partial charge is 0.232 e. The van der Waals surface area contributed by atoms with E-state index in [0.717, 1.165) is 27.0 Å². The summed E-state index contributed by atoms with van der Waals surface area (Å²) in [6.07, 6.45) is 1.23. The minimum absolute atomic E-state index is 0.348. The Hall–Kier alpha value is -3.48. The van der Waals surface area contributed by atoms with Crippen LogP contribution >= 0.6 is 0 Å². The second kappa shape index (κ2) is 7.74. The minimum Gasteiger partial charge on any atom is -0.618 e. The van der Waals surface area contributed by atoms with Gasteiger partial charge >= 0.3 is 0 Å². The van der Waals surface area contributed by atoms with Crippen LogP contribution in [0.1, 0.15) is 11.9 Å². The number of rotatable bonds is 4. The van der Waals surface area contributed by atoms with Crippen LogP contribution in [0.15, 0.2) is 72.9 Å². The normalized spacial score (nSPS) is 14.3. The third kappa shape index (κ3) is 3.16. The molecule has 0 atom stereocenters. The lowest BCUT2D eigenvalue weighted by molar-refractivity contribution is -0.564. The molecule has 4 aromatic rings. The number of ether oxygens (including phenoxy) is 3. The van der Waals surface area contributed by atoms with Crippen LogP contribution in [0.5, 0.6) is 5.88 Å². The van der Waals surface area contributed by atoms with Crippen LogP contribution < -0.4 is 9.47 Å². The molecule has 2 aromatic carbocycles. The summed E-state index contributed by atoms with van der Waals surface area (Å²) < 4.78 is 17.5. The standard InChI is InChI=1S/C24H20N2O4/c1-28-23-20-15-19(16-5-3-2-4-6-16)22(26(27)21(20)11-12-25-23)17-7-9-18(10-8-17)24-29-13-14-30-24/h2-12,15,24H,13-14H2,1H3. The Morgan fingerprint density at radius 2 is 1.70 bits per heavy atom. The fourth-order valence-electron chi connectivity index (χ4n) is 3.82. The van der Waals surface area contributed by atoms with Crippen molar-refractivity contribution in [2.24, 2.45) is 0 Å². The third-order valence-corrected chi connectivity index (χ3v) is 5.25. The predicted octanol–water partition coefficient (Wildman–Crippen LogP) is 4.26. The Balaban J connectivity index is 1.73. The van der Waals surface area contributed by atoms with E-state index in [9.17, 15) is 5.21 Å². The lowest BCUT2D eigenvalue weighted by Crippen LogP contribution is -2.31. The molecule has 0 radical (unpaired) electrons. The van der Waals surface area contributed by atoms with E-state index in [1.54, 1.807) is 19.4 Å². The molecular formula is C24H20N2O4. The molecule has 0 spiro atoms. The first-order valence-electron chi connectivity index (χ1n) is 9.74. The van der Waals surface area contributed by atoms with Gasteiger partial charge in [-0.25, -0.2) is 4.98 Å². The Morgan fingerprint density at radius 1 is 0.967 bits per heavy atom. The minimum atomic E-state index is -0.348. The summed E-state index contributed by atoms with van der Waals surface area (Å²) in [6.45, 7) is 1.18. The summed E-state index contributed by atoms with van der Waals surface area (Å²) in [4.78, 5) is 4.26. The summed E-state index contributed by atoms with van der Waals surface area (Å²) in [5, 5.41) is 14.2. The van der Waals surface area contributed by atoms with Crippen LogP contribution in [-0.4, -0.2) is 25.3 Å². The van der Waals surface area contributed by atoms with Gasteiger partial charge in [-0.2, -0.15) is 4.73 Å². The zero-order chi connectivity index (χ0) is 20.5. The number of benzene rings is 2. The maximum absolute atomic E-state index is 13.5. The van der Waals surface area contributed by atoms with Crippen molar-refractivity contribution >= 4 is 10.9 Å². The van der Waals surface area contributed by atoms with Gasteiger partial charge in [0.25, 0.3) is 0 Å². The van der Waals surface area contributed by atoms with E-state index < -0.39 is 0 Å². The number of nitrogens with zero attached hydrogens (tertiary/aromatic N) is 2. The van der Waals surface area contributed by atoms with Gasteiger partial charge in [0, 0.05) is 23.4 Å². The molecule has 6 nitrogen and oxygen atoms in total. The van der Waals surface area contributed by atoms with Crippen molar-refractivity contribution in [3.05, 3.63) is 83.7 Å². The van der Waals surface area contributed by atoms with E-state index >= 15 is 0 Å². The molecule has 2 aromatic heterocycles. The third-order valence-electron chi connectivity index (χ3n) is 5.25. The zero-order valence-electron chi connectivity index (χ0n) is 16.4. The van der Waals surface area contributed by atoms with Crippen LogP contribution in [0.25, 0.3) is 33.3 Å². The lowest BCUT2D eigenvalue weighted by atomic mass is 9.97. The maximum Gasteiger partial charge on any atom is 0.232 e. The van der Waals surface area contributed by atoms with E-state index in [1.807, 2.05) is 60.7 Å². The highest BCUT2D eigenvalue weighted by molar-refractivity contribution is 5.90. The molecule has 3 heterocycles. The topological polar surface area (TPSA) is 67.5 Å². The lowest BCUT2D eigenvalue weighted by Gasteiger charge is -2.15. The van der Waals surface area contributed by atoms with Crippen LogP contribution in [0, 0.1) is 5.21 Å². The van der Waals surface area contributed by atoms with Crippen LogP contribution in [-0.2, 0) is 9.47 Å². The van der Waals surface area contributed by atoms with Crippen molar-refractivity contribution < 1.29 is 18.9 Å². The van der Waals surface area contributed by atoms with Crippen LogP contribution in [0.2, 0.25) is 0 Å². The molecule has 0 amide bonds.